The number of aryl methyl sites for hydroxylation is 1. The normalized spacial score (nSPS) is 12.8. The van der Waals surface area contributed by atoms with Gasteiger partial charge in [0.25, 0.3) is 0 Å². The Morgan fingerprint density at radius 1 is 1.32 bits per heavy atom. The molecule has 0 bridgehead atoms. The molecular weight excluding hydrogens is 240 g/mol. The van der Waals surface area contributed by atoms with Gasteiger partial charge >= 0.3 is 0 Å². The molecule has 0 saturated carbocycles. The van der Waals surface area contributed by atoms with E-state index in [9.17, 15) is 0 Å². The van der Waals surface area contributed by atoms with Crippen molar-refractivity contribution in [3.8, 4) is 0 Å². The molecule has 2 aromatic rings. The molecule has 6 heteroatoms. The largest absolute Gasteiger partial charge is 0.296 e. The molecule has 0 fully saturated rings. The summed E-state index contributed by atoms with van der Waals surface area (Å²) in [4.78, 5) is 15.0. The van der Waals surface area contributed by atoms with Gasteiger partial charge in [-0.2, -0.15) is 5.10 Å². The van der Waals surface area contributed by atoms with E-state index in [-0.39, 0.29) is 0 Å². The van der Waals surface area contributed by atoms with E-state index in [1.54, 1.807) is 18.7 Å². The van der Waals surface area contributed by atoms with Crippen LogP contribution in [0.5, 0.6) is 0 Å². The van der Waals surface area contributed by atoms with Crippen LogP contribution in [0, 0.1) is 0 Å². The maximum absolute atomic E-state index is 4.31. The fraction of sp³-hybridized carbons (Fsp3) is 0.538. The van der Waals surface area contributed by atoms with E-state index in [2.05, 4.69) is 45.8 Å². The highest BCUT2D eigenvalue weighted by atomic mass is 15.3. The first-order valence-corrected chi connectivity index (χ1v) is 6.52. The van der Waals surface area contributed by atoms with Gasteiger partial charge in [0.2, 0.25) is 0 Å². The third kappa shape index (κ3) is 3.57. The minimum absolute atomic E-state index is 0.374. The van der Waals surface area contributed by atoms with E-state index in [4.69, 9.17) is 0 Å². The topological polar surface area (TPSA) is 59.7 Å². The van der Waals surface area contributed by atoms with E-state index in [0.29, 0.717) is 6.04 Å². The van der Waals surface area contributed by atoms with Crippen molar-refractivity contribution in [3.63, 3.8) is 0 Å². The lowest BCUT2D eigenvalue weighted by atomic mass is 10.1. The van der Waals surface area contributed by atoms with Gasteiger partial charge in [-0.1, -0.05) is 0 Å². The highest BCUT2D eigenvalue weighted by molar-refractivity contribution is 4.97. The van der Waals surface area contributed by atoms with Crippen LogP contribution >= 0.6 is 0 Å². The minimum atomic E-state index is 0.374. The Balaban J connectivity index is 1.94. The van der Waals surface area contributed by atoms with Gasteiger partial charge in [-0.15, -0.1) is 0 Å². The molecule has 2 heterocycles. The monoisotopic (exact) mass is 260 g/mol. The summed E-state index contributed by atoms with van der Waals surface area (Å²) in [5.74, 6) is 0.996. The van der Waals surface area contributed by atoms with E-state index in [1.807, 2.05) is 10.9 Å². The SMILES string of the molecule is CCn1ncnc1CN(C)[C@@H](C)Cc1cnccn1. The van der Waals surface area contributed by atoms with E-state index >= 15 is 0 Å². The maximum Gasteiger partial charge on any atom is 0.140 e. The minimum Gasteiger partial charge on any atom is -0.296 e. The summed E-state index contributed by atoms with van der Waals surface area (Å²) >= 11 is 0. The second-order valence-corrected chi connectivity index (χ2v) is 4.66. The highest BCUT2D eigenvalue weighted by Gasteiger charge is 2.14. The Morgan fingerprint density at radius 2 is 2.16 bits per heavy atom. The lowest BCUT2D eigenvalue weighted by Crippen LogP contribution is -2.31. The predicted octanol–water partition coefficient (Wildman–Crippen LogP) is 1.15. The van der Waals surface area contributed by atoms with Crippen LogP contribution in [-0.4, -0.2) is 42.7 Å². The molecular formula is C13H20N6. The van der Waals surface area contributed by atoms with Crippen molar-refractivity contribution in [3.05, 3.63) is 36.4 Å². The van der Waals surface area contributed by atoms with Crippen LogP contribution in [-0.2, 0) is 19.5 Å². The maximum atomic E-state index is 4.31. The summed E-state index contributed by atoms with van der Waals surface area (Å²) in [6, 6.07) is 0.374. The molecule has 0 saturated heterocycles. The first-order valence-electron chi connectivity index (χ1n) is 6.52. The zero-order valence-corrected chi connectivity index (χ0v) is 11.7. The Kier molecular flexibility index (Phi) is 4.57. The Bertz CT molecular complexity index is 495. The second-order valence-electron chi connectivity index (χ2n) is 4.66. The van der Waals surface area contributed by atoms with Crippen LogP contribution in [0.25, 0.3) is 0 Å². The molecule has 2 rings (SSSR count). The van der Waals surface area contributed by atoms with Gasteiger partial charge in [-0.25, -0.2) is 9.67 Å². The molecule has 0 spiro atoms. The van der Waals surface area contributed by atoms with Crippen molar-refractivity contribution < 1.29 is 0 Å². The molecule has 0 aliphatic rings. The molecule has 0 aliphatic heterocycles. The van der Waals surface area contributed by atoms with Gasteiger partial charge < -0.3 is 0 Å². The molecule has 0 aliphatic carbocycles. The zero-order chi connectivity index (χ0) is 13.7. The smallest absolute Gasteiger partial charge is 0.140 e. The summed E-state index contributed by atoms with van der Waals surface area (Å²) in [7, 11) is 2.09. The van der Waals surface area contributed by atoms with E-state index in [0.717, 1.165) is 31.0 Å². The summed E-state index contributed by atoms with van der Waals surface area (Å²) in [5, 5.41) is 4.19. The summed E-state index contributed by atoms with van der Waals surface area (Å²) in [6.45, 7) is 5.89. The van der Waals surface area contributed by atoms with Crippen molar-refractivity contribution in [1.82, 2.24) is 29.6 Å². The second kappa shape index (κ2) is 6.38. The third-order valence-corrected chi connectivity index (χ3v) is 3.26. The van der Waals surface area contributed by atoms with Crippen LogP contribution in [0.1, 0.15) is 25.4 Å². The van der Waals surface area contributed by atoms with Gasteiger partial charge in [-0.05, 0) is 20.9 Å². The number of likely N-dealkylation sites (N-methyl/N-ethyl adjacent to an activating group) is 1. The van der Waals surface area contributed by atoms with Gasteiger partial charge in [0.1, 0.15) is 12.2 Å². The molecule has 1 atom stereocenters. The van der Waals surface area contributed by atoms with E-state index in [1.165, 1.54) is 0 Å². The van der Waals surface area contributed by atoms with Crippen molar-refractivity contribution >= 4 is 0 Å². The molecule has 0 N–H and O–H groups in total. The number of hydrogen-bond donors (Lipinski definition) is 0. The average Bonchev–Trinajstić information content (AvgIpc) is 2.87. The van der Waals surface area contributed by atoms with Crippen molar-refractivity contribution in [2.24, 2.45) is 0 Å². The molecule has 0 amide bonds. The Morgan fingerprint density at radius 3 is 2.84 bits per heavy atom. The fourth-order valence-electron chi connectivity index (χ4n) is 1.95. The van der Waals surface area contributed by atoms with E-state index < -0.39 is 0 Å². The fourth-order valence-corrected chi connectivity index (χ4v) is 1.95. The molecule has 102 valence electrons. The van der Waals surface area contributed by atoms with Gasteiger partial charge in [0.15, 0.2) is 0 Å². The average molecular weight is 260 g/mol. The molecule has 6 nitrogen and oxygen atoms in total. The molecule has 0 radical (unpaired) electrons. The van der Waals surface area contributed by atoms with Crippen LogP contribution in [0.3, 0.4) is 0 Å². The van der Waals surface area contributed by atoms with Crippen LogP contribution in [0.4, 0.5) is 0 Å². The molecule has 2 aromatic heterocycles. The van der Waals surface area contributed by atoms with Crippen LogP contribution in [0.2, 0.25) is 0 Å². The molecule has 0 aromatic carbocycles. The lowest BCUT2D eigenvalue weighted by Gasteiger charge is -2.23. The summed E-state index contributed by atoms with van der Waals surface area (Å²) < 4.78 is 1.92. The number of aromatic nitrogens is 5. The third-order valence-electron chi connectivity index (χ3n) is 3.26. The van der Waals surface area contributed by atoms with Gasteiger partial charge in [-0.3, -0.25) is 14.9 Å². The number of rotatable bonds is 6. The summed E-state index contributed by atoms with van der Waals surface area (Å²) in [6.07, 6.45) is 7.74. The zero-order valence-electron chi connectivity index (χ0n) is 11.7. The lowest BCUT2D eigenvalue weighted by molar-refractivity contribution is 0.236. The van der Waals surface area contributed by atoms with Crippen LogP contribution < -0.4 is 0 Å². The quantitative estimate of drug-likeness (QED) is 0.780. The van der Waals surface area contributed by atoms with Crippen LogP contribution in [0.15, 0.2) is 24.9 Å². The van der Waals surface area contributed by atoms with Crippen molar-refractivity contribution in [2.45, 2.75) is 39.4 Å². The summed E-state index contributed by atoms with van der Waals surface area (Å²) in [5.41, 5.74) is 1.01. The molecule has 0 unspecified atom stereocenters. The highest BCUT2D eigenvalue weighted by Crippen LogP contribution is 2.07. The van der Waals surface area contributed by atoms with Crippen molar-refractivity contribution in [1.29, 1.82) is 0 Å². The first-order chi connectivity index (χ1) is 9.20. The standard InChI is InChI=1S/C13H20N6/c1-4-19-13(16-10-17-19)9-18(3)11(2)7-12-8-14-5-6-15-12/h5-6,8,10-11H,4,7,9H2,1-3H3/t11-/m0/s1. The first kappa shape index (κ1) is 13.6. The van der Waals surface area contributed by atoms with Gasteiger partial charge in [0, 0.05) is 37.6 Å². The van der Waals surface area contributed by atoms with Crippen molar-refractivity contribution in [2.75, 3.05) is 7.05 Å². The Labute approximate surface area is 113 Å². The number of nitrogens with zero attached hydrogens (tertiary/aromatic N) is 6. The Hall–Kier alpha value is -1.82. The molecule has 19 heavy (non-hydrogen) atoms. The predicted molar refractivity (Wildman–Crippen MR) is 72.4 cm³/mol. The number of hydrogen-bond acceptors (Lipinski definition) is 5. The van der Waals surface area contributed by atoms with Gasteiger partial charge in [0.05, 0.1) is 12.2 Å².